The van der Waals surface area contributed by atoms with Gasteiger partial charge in [-0.1, -0.05) is 142 Å². The Morgan fingerprint density at radius 1 is 0.667 bits per heavy atom. The van der Waals surface area contributed by atoms with E-state index in [2.05, 4.69) is 31.3 Å². The van der Waals surface area contributed by atoms with Gasteiger partial charge in [-0.2, -0.15) is 8.42 Å². The van der Waals surface area contributed by atoms with Crippen molar-refractivity contribution >= 4 is 16.0 Å². The zero-order valence-electron chi connectivity index (χ0n) is 25.5. The van der Waals surface area contributed by atoms with E-state index in [0.29, 0.717) is 12.8 Å². The Balaban J connectivity index is 3.97. The molecule has 2 atom stereocenters. The Morgan fingerprint density at radius 3 is 1.64 bits per heavy atom. The van der Waals surface area contributed by atoms with Crippen LogP contribution in [0.3, 0.4) is 0 Å². The molecule has 2 unspecified atom stereocenters. The number of carbonyl (C=O) groups excluding carboxylic acids is 1. The first-order chi connectivity index (χ1) is 18.8. The average molecular weight is 574 g/mol. The zero-order chi connectivity index (χ0) is 29.0. The quantitative estimate of drug-likeness (QED) is 0.0472. The van der Waals surface area contributed by atoms with Crippen LogP contribution in [0.2, 0.25) is 0 Å². The lowest BCUT2D eigenvalue weighted by atomic mass is 10.0. The summed E-state index contributed by atoms with van der Waals surface area (Å²) < 4.78 is 32.2. The SMILES string of the molecule is CCC/C=C\CCCCCCCC(=O)NC(CS(=O)(=O)O)C(O)CCCCCCCCCCCCCCCC. The molecule has 0 aromatic heterocycles. The summed E-state index contributed by atoms with van der Waals surface area (Å²) in [6.45, 7) is 4.43. The normalized spacial score (nSPS) is 13.6. The highest BCUT2D eigenvalue weighted by Gasteiger charge is 2.26. The largest absolute Gasteiger partial charge is 0.391 e. The lowest BCUT2D eigenvalue weighted by Crippen LogP contribution is -2.47. The molecule has 39 heavy (non-hydrogen) atoms. The predicted octanol–water partition coefficient (Wildman–Crippen LogP) is 8.68. The summed E-state index contributed by atoms with van der Waals surface area (Å²) in [5.74, 6) is -0.907. The van der Waals surface area contributed by atoms with Crippen LogP contribution in [-0.2, 0) is 14.9 Å². The topological polar surface area (TPSA) is 104 Å². The fraction of sp³-hybridized carbons (Fsp3) is 0.906. The van der Waals surface area contributed by atoms with E-state index >= 15 is 0 Å². The maximum Gasteiger partial charge on any atom is 0.266 e. The summed E-state index contributed by atoms with van der Waals surface area (Å²) in [6, 6.07) is -0.968. The average Bonchev–Trinajstić information content (AvgIpc) is 2.88. The number of amides is 1. The summed E-state index contributed by atoms with van der Waals surface area (Å²) in [5.41, 5.74) is 0. The third-order valence-corrected chi connectivity index (χ3v) is 8.23. The number of unbranched alkanes of at least 4 members (excludes halogenated alkanes) is 19. The molecule has 0 fully saturated rings. The van der Waals surface area contributed by atoms with Crippen molar-refractivity contribution < 1.29 is 22.9 Å². The van der Waals surface area contributed by atoms with Crippen LogP contribution in [0, 0.1) is 0 Å². The van der Waals surface area contributed by atoms with Gasteiger partial charge in [0.15, 0.2) is 0 Å². The van der Waals surface area contributed by atoms with E-state index in [4.69, 9.17) is 0 Å². The highest BCUT2D eigenvalue weighted by molar-refractivity contribution is 7.85. The van der Waals surface area contributed by atoms with Crippen LogP contribution in [0.4, 0.5) is 0 Å². The monoisotopic (exact) mass is 573 g/mol. The molecule has 0 spiro atoms. The van der Waals surface area contributed by atoms with Crippen LogP contribution in [0.5, 0.6) is 0 Å². The van der Waals surface area contributed by atoms with Crippen LogP contribution in [0.15, 0.2) is 12.2 Å². The molecule has 1 amide bonds. The van der Waals surface area contributed by atoms with Crippen LogP contribution < -0.4 is 5.32 Å². The highest BCUT2D eigenvalue weighted by Crippen LogP contribution is 2.15. The molecule has 0 aliphatic rings. The van der Waals surface area contributed by atoms with Gasteiger partial charge in [-0.15, -0.1) is 0 Å². The molecule has 0 aliphatic carbocycles. The Hall–Kier alpha value is -0.920. The maximum absolute atomic E-state index is 12.4. The number of allylic oxidation sites excluding steroid dienone is 2. The molecule has 0 bridgehead atoms. The smallest absolute Gasteiger partial charge is 0.266 e. The minimum atomic E-state index is -4.30. The zero-order valence-corrected chi connectivity index (χ0v) is 26.3. The molecule has 0 rings (SSSR count). The molecule has 6 nitrogen and oxygen atoms in total. The number of hydrogen-bond donors (Lipinski definition) is 3. The number of nitrogens with one attached hydrogen (secondary N) is 1. The number of hydrogen-bond acceptors (Lipinski definition) is 4. The van der Waals surface area contributed by atoms with E-state index in [1.54, 1.807) is 0 Å². The van der Waals surface area contributed by atoms with Crippen molar-refractivity contribution in [2.24, 2.45) is 0 Å². The first kappa shape index (κ1) is 38.1. The van der Waals surface area contributed by atoms with Gasteiger partial charge < -0.3 is 10.4 Å². The number of aliphatic hydroxyl groups is 1. The lowest BCUT2D eigenvalue weighted by molar-refractivity contribution is -0.122. The number of rotatable bonds is 29. The Morgan fingerprint density at radius 2 is 1.13 bits per heavy atom. The van der Waals surface area contributed by atoms with Crippen molar-refractivity contribution in [3.63, 3.8) is 0 Å². The number of carbonyl (C=O) groups is 1. The van der Waals surface area contributed by atoms with Gasteiger partial charge in [0.1, 0.15) is 0 Å². The summed E-state index contributed by atoms with van der Waals surface area (Å²) in [7, 11) is -4.30. The minimum absolute atomic E-state index is 0.258. The first-order valence-electron chi connectivity index (χ1n) is 16.4. The van der Waals surface area contributed by atoms with E-state index < -0.39 is 28.0 Å². The van der Waals surface area contributed by atoms with Crippen LogP contribution in [-0.4, -0.2) is 41.9 Å². The predicted molar refractivity (Wildman–Crippen MR) is 166 cm³/mol. The molecule has 3 N–H and O–H groups in total. The second-order valence-electron chi connectivity index (χ2n) is 11.4. The van der Waals surface area contributed by atoms with Gasteiger partial charge in [0, 0.05) is 6.42 Å². The van der Waals surface area contributed by atoms with Gasteiger partial charge in [0.25, 0.3) is 10.1 Å². The summed E-state index contributed by atoms with van der Waals surface area (Å²) in [4.78, 5) is 12.4. The molecule has 0 aromatic carbocycles. The van der Waals surface area contributed by atoms with Gasteiger partial charge in [-0.05, 0) is 32.1 Å². The molecule has 232 valence electrons. The molecule has 0 aromatic rings. The summed E-state index contributed by atoms with van der Waals surface area (Å²) in [6.07, 6.45) is 30.2. The van der Waals surface area contributed by atoms with E-state index in [0.717, 1.165) is 64.2 Å². The molecular weight excluding hydrogens is 510 g/mol. The fourth-order valence-corrected chi connectivity index (χ4v) is 5.74. The standard InChI is InChI=1S/C32H63NO5S/c1-3-5-7-9-11-13-15-16-17-18-19-21-23-25-27-31(34)30(29-39(36,37)38)33-32(35)28-26-24-22-20-14-12-10-8-6-4-2/h8,10,30-31,34H,3-7,9,11-29H2,1-2H3,(H,33,35)(H,36,37,38)/b10-8-. The van der Waals surface area contributed by atoms with E-state index in [-0.39, 0.29) is 5.91 Å². The molecule has 0 saturated heterocycles. The molecule has 0 aliphatic heterocycles. The summed E-state index contributed by atoms with van der Waals surface area (Å²) >= 11 is 0. The Labute approximate surface area is 241 Å². The second kappa shape index (κ2) is 27.3. The number of aliphatic hydroxyl groups excluding tert-OH is 1. The highest BCUT2D eigenvalue weighted by atomic mass is 32.2. The molecule has 0 saturated carbocycles. The lowest BCUT2D eigenvalue weighted by Gasteiger charge is -2.23. The Bertz CT molecular complexity index is 680. The fourth-order valence-electron chi connectivity index (χ4n) is 4.98. The van der Waals surface area contributed by atoms with Crippen LogP contribution in [0.1, 0.15) is 168 Å². The van der Waals surface area contributed by atoms with Crippen LogP contribution in [0.25, 0.3) is 0 Å². The van der Waals surface area contributed by atoms with E-state index in [1.807, 2.05) is 0 Å². The first-order valence-corrected chi connectivity index (χ1v) is 18.0. The third-order valence-electron chi connectivity index (χ3n) is 7.45. The molecule has 7 heteroatoms. The van der Waals surface area contributed by atoms with Gasteiger partial charge in [0.05, 0.1) is 17.9 Å². The van der Waals surface area contributed by atoms with Crippen molar-refractivity contribution in [1.82, 2.24) is 5.32 Å². The van der Waals surface area contributed by atoms with Gasteiger partial charge >= 0.3 is 0 Å². The van der Waals surface area contributed by atoms with Gasteiger partial charge in [-0.3, -0.25) is 9.35 Å². The second-order valence-corrected chi connectivity index (χ2v) is 12.9. The van der Waals surface area contributed by atoms with Crippen LogP contribution >= 0.6 is 0 Å². The van der Waals surface area contributed by atoms with Crippen molar-refractivity contribution in [3.8, 4) is 0 Å². The minimum Gasteiger partial charge on any atom is -0.391 e. The molecular formula is C32H63NO5S. The van der Waals surface area contributed by atoms with E-state index in [1.165, 1.54) is 77.0 Å². The molecule has 0 radical (unpaired) electrons. The van der Waals surface area contributed by atoms with Crippen molar-refractivity contribution in [3.05, 3.63) is 12.2 Å². The van der Waals surface area contributed by atoms with Gasteiger partial charge in [-0.25, -0.2) is 0 Å². The summed E-state index contributed by atoms with van der Waals surface area (Å²) in [5, 5.41) is 13.2. The third kappa shape index (κ3) is 28.4. The van der Waals surface area contributed by atoms with Gasteiger partial charge in [0.2, 0.25) is 5.91 Å². The van der Waals surface area contributed by atoms with E-state index in [9.17, 15) is 22.9 Å². The Kier molecular flexibility index (Phi) is 26.6. The van der Waals surface area contributed by atoms with Crippen molar-refractivity contribution in [2.75, 3.05) is 5.75 Å². The van der Waals surface area contributed by atoms with Crippen molar-refractivity contribution in [2.45, 2.75) is 180 Å². The molecule has 0 heterocycles. The van der Waals surface area contributed by atoms with Crippen molar-refractivity contribution in [1.29, 1.82) is 0 Å². The maximum atomic E-state index is 12.4.